The highest BCUT2D eigenvalue weighted by Crippen LogP contribution is 2.34. The lowest BCUT2D eigenvalue weighted by Crippen LogP contribution is -2.45. The summed E-state index contributed by atoms with van der Waals surface area (Å²) in [5.41, 5.74) is 1.91. The number of rotatable bonds is 9. The number of benzene rings is 1. The minimum absolute atomic E-state index is 0.103. The van der Waals surface area contributed by atoms with E-state index in [0.717, 1.165) is 76.3 Å². The fraction of sp³-hybridized carbons (Fsp3) is 0.714. The molecule has 0 unspecified atom stereocenters. The van der Waals surface area contributed by atoms with Gasteiger partial charge in [0, 0.05) is 50.0 Å². The van der Waals surface area contributed by atoms with Gasteiger partial charge in [0.1, 0.15) is 18.0 Å². The van der Waals surface area contributed by atoms with Crippen LogP contribution >= 0.6 is 0 Å². The molecular formula is C28H45N3O6. The Hall–Kier alpha value is -2.52. The number of carbonyl (C=O) groups excluding carboxylic acids is 2. The predicted molar refractivity (Wildman–Crippen MR) is 144 cm³/mol. The molecule has 3 rings (SSSR count). The highest BCUT2D eigenvalue weighted by atomic mass is 16.6. The van der Waals surface area contributed by atoms with E-state index in [1.807, 2.05) is 27.7 Å². The molecule has 2 aliphatic rings. The topological polar surface area (TPSA) is 89.6 Å². The summed E-state index contributed by atoms with van der Waals surface area (Å²) >= 11 is 0. The molecule has 1 aromatic rings. The number of hydrogen-bond acceptors (Lipinski definition) is 8. The van der Waals surface area contributed by atoms with E-state index in [1.54, 1.807) is 6.07 Å². The minimum atomic E-state index is -0.509. The summed E-state index contributed by atoms with van der Waals surface area (Å²) < 4.78 is 22.1. The Morgan fingerprint density at radius 2 is 1.81 bits per heavy atom. The molecular weight excluding hydrogens is 474 g/mol. The van der Waals surface area contributed by atoms with Gasteiger partial charge in [0.05, 0.1) is 25.9 Å². The van der Waals surface area contributed by atoms with Gasteiger partial charge in [0.15, 0.2) is 0 Å². The summed E-state index contributed by atoms with van der Waals surface area (Å²) in [6, 6.07) is 4.25. The Labute approximate surface area is 221 Å². The largest absolute Gasteiger partial charge is 0.492 e. The van der Waals surface area contributed by atoms with Crippen LogP contribution in [0.15, 0.2) is 12.1 Å². The zero-order chi connectivity index (χ0) is 27.0. The molecule has 1 saturated heterocycles. The number of methoxy groups -OCH3 is 1. The quantitative estimate of drug-likeness (QED) is 0.487. The molecule has 1 aliphatic heterocycles. The van der Waals surface area contributed by atoms with Crippen molar-refractivity contribution in [1.82, 2.24) is 10.2 Å². The third kappa shape index (κ3) is 8.50. The average Bonchev–Trinajstić information content (AvgIpc) is 2.86. The number of morpholine rings is 1. The smallest absolute Gasteiger partial charge is 0.407 e. The first-order valence-electron chi connectivity index (χ1n) is 13.5. The van der Waals surface area contributed by atoms with Crippen LogP contribution in [0.2, 0.25) is 0 Å². The standard InChI is InChI=1S/C28H45N3O6/c1-7-31(22-10-8-21(9-11-22)29-27(33)37-28(3,4)5)25-19-23(18-24(20(25)2)26(32)34-6)36-17-14-30-12-15-35-16-13-30/h18-19,21-22H,7-17H2,1-6H3,(H,29,33). The monoisotopic (exact) mass is 519 g/mol. The second-order valence-corrected chi connectivity index (χ2v) is 10.8. The van der Waals surface area contributed by atoms with Crippen LogP contribution in [0, 0.1) is 6.92 Å². The van der Waals surface area contributed by atoms with Crippen LogP contribution in [0.4, 0.5) is 10.5 Å². The van der Waals surface area contributed by atoms with Gasteiger partial charge in [-0.2, -0.15) is 0 Å². The predicted octanol–water partition coefficient (Wildman–Crippen LogP) is 4.15. The maximum absolute atomic E-state index is 12.6. The number of anilines is 1. The van der Waals surface area contributed by atoms with E-state index in [4.69, 9.17) is 18.9 Å². The lowest BCUT2D eigenvalue weighted by Gasteiger charge is -2.39. The van der Waals surface area contributed by atoms with Crippen molar-refractivity contribution in [2.45, 2.75) is 78.0 Å². The van der Waals surface area contributed by atoms with Gasteiger partial charge in [0.25, 0.3) is 0 Å². The molecule has 0 spiro atoms. The summed E-state index contributed by atoms with van der Waals surface area (Å²) in [5.74, 6) is 0.312. The van der Waals surface area contributed by atoms with Gasteiger partial charge in [-0.25, -0.2) is 9.59 Å². The Bertz CT molecular complexity index is 902. The summed E-state index contributed by atoms with van der Waals surface area (Å²) in [4.78, 5) is 29.5. The number of nitrogens with one attached hydrogen (secondary N) is 1. The Kier molecular flexibility index (Phi) is 10.5. The van der Waals surface area contributed by atoms with Crippen LogP contribution in [0.1, 0.15) is 69.3 Å². The van der Waals surface area contributed by atoms with Crippen molar-refractivity contribution in [3.05, 3.63) is 23.3 Å². The van der Waals surface area contributed by atoms with Gasteiger partial charge < -0.3 is 29.2 Å². The lowest BCUT2D eigenvalue weighted by molar-refractivity contribution is 0.0322. The third-order valence-corrected chi connectivity index (χ3v) is 7.05. The molecule has 2 fully saturated rings. The second-order valence-electron chi connectivity index (χ2n) is 10.8. The van der Waals surface area contributed by atoms with Gasteiger partial charge in [-0.1, -0.05) is 0 Å². The normalized spacial score (nSPS) is 20.7. The molecule has 1 saturated carbocycles. The Balaban J connectivity index is 1.69. The first kappa shape index (κ1) is 29.0. The van der Waals surface area contributed by atoms with Crippen molar-refractivity contribution in [1.29, 1.82) is 0 Å². The fourth-order valence-corrected chi connectivity index (χ4v) is 5.13. The maximum atomic E-state index is 12.6. The Morgan fingerprint density at radius 1 is 1.14 bits per heavy atom. The van der Waals surface area contributed by atoms with Gasteiger partial charge in [0.2, 0.25) is 0 Å². The molecule has 1 heterocycles. The van der Waals surface area contributed by atoms with E-state index < -0.39 is 5.60 Å². The number of hydrogen-bond donors (Lipinski definition) is 1. The zero-order valence-corrected chi connectivity index (χ0v) is 23.4. The van der Waals surface area contributed by atoms with Crippen LogP contribution in [0.5, 0.6) is 5.75 Å². The van der Waals surface area contributed by atoms with Crippen LogP contribution in [-0.4, -0.2) is 87.8 Å². The van der Waals surface area contributed by atoms with Gasteiger partial charge >= 0.3 is 12.1 Å². The second kappa shape index (κ2) is 13.3. The molecule has 0 bridgehead atoms. The first-order chi connectivity index (χ1) is 17.6. The molecule has 0 aromatic heterocycles. The molecule has 37 heavy (non-hydrogen) atoms. The fourth-order valence-electron chi connectivity index (χ4n) is 5.13. The molecule has 9 heteroatoms. The number of esters is 1. The van der Waals surface area contributed by atoms with Crippen molar-refractivity contribution < 1.29 is 28.5 Å². The van der Waals surface area contributed by atoms with E-state index in [-0.39, 0.29) is 18.1 Å². The van der Waals surface area contributed by atoms with Crippen LogP contribution in [-0.2, 0) is 14.2 Å². The van der Waals surface area contributed by atoms with E-state index in [2.05, 4.69) is 28.1 Å². The molecule has 1 N–H and O–H groups in total. The van der Waals surface area contributed by atoms with Gasteiger partial charge in [-0.15, -0.1) is 0 Å². The first-order valence-corrected chi connectivity index (χ1v) is 13.5. The van der Waals surface area contributed by atoms with Crippen molar-refractivity contribution in [3.63, 3.8) is 0 Å². The molecule has 0 radical (unpaired) electrons. The third-order valence-electron chi connectivity index (χ3n) is 7.05. The van der Waals surface area contributed by atoms with Crippen LogP contribution in [0.25, 0.3) is 0 Å². The summed E-state index contributed by atoms with van der Waals surface area (Å²) in [6.45, 7) is 15.2. The number of alkyl carbamates (subject to hydrolysis) is 1. The van der Waals surface area contributed by atoms with Gasteiger partial charge in [-0.05, 0) is 71.9 Å². The maximum Gasteiger partial charge on any atom is 0.407 e. The van der Waals surface area contributed by atoms with Crippen molar-refractivity contribution in [2.75, 3.05) is 58.0 Å². The molecule has 208 valence electrons. The number of amides is 1. The molecule has 1 aliphatic carbocycles. The van der Waals surface area contributed by atoms with E-state index in [1.165, 1.54) is 7.11 Å². The molecule has 9 nitrogen and oxygen atoms in total. The van der Waals surface area contributed by atoms with E-state index >= 15 is 0 Å². The van der Waals surface area contributed by atoms with Crippen molar-refractivity contribution in [2.24, 2.45) is 0 Å². The van der Waals surface area contributed by atoms with Crippen molar-refractivity contribution >= 4 is 17.7 Å². The SMILES string of the molecule is CCN(c1cc(OCCN2CCOCC2)cc(C(=O)OC)c1C)C1CCC(NC(=O)OC(C)(C)C)CC1. The summed E-state index contributed by atoms with van der Waals surface area (Å²) in [7, 11) is 1.41. The summed E-state index contributed by atoms with van der Waals surface area (Å²) in [6.07, 6.45) is 3.26. The highest BCUT2D eigenvalue weighted by Gasteiger charge is 2.29. The van der Waals surface area contributed by atoms with Crippen LogP contribution < -0.4 is 15.0 Å². The molecule has 0 atom stereocenters. The minimum Gasteiger partial charge on any atom is -0.492 e. The molecule has 1 aromatic carbocycles. The van der Waals surface area contributed by atoms with Crippen molar-refractivity contribution in [3.8, 4) is 5.75 Å². The van der Waals surface area contributed by atoms with E-state index in [0.29, 0.717) is 24.0 Å². The number of ether oxygens (including phenoxy) is 4. The lowest BCUT2D eigenvalue weighted by atomic mass is 9.89. The highest BCUT2D eigenvalue weighted by molar-refractivity contribution is 5.93. The Morgan fingerprint density at radius 3 is 2.41 bits per heavy atom. The zero-order valence-electron chi connectivity index (χ0n) is 23.4. The number of nitrogens with zero attached hydrogens (tertiary/aromatic N) is 2. The molecule has 1 amide bonds. The van der Waals surface area contributed by atoms with E-state index in [9.17, 15) is 9.59 Å². The van der Waals surface area contributed by atoms with Crippen LogP contribution in [0.3, 0.4) is 0 Å². The van der Waals surface area contributed by atoms with Gasteiger partial charge in [-0.3, -0.25) is 4.90 Å². The number of carbonyl (C=O) groups is 2. The summed E-state index contributed by atoms with van der Waals surface area (Å²) in [5, 5.41) is 3.02. The average molecular weight is 520 g/mol.